The van der Waals surface area contributed by atoms with Crippen LogP contribution in [0.3, 0.4) is 0 Å². The molecular weight excluding hydrogens is 368 g/mol. The molecule has 7 nitrogen and oxygen atoms in total. The number of amides is 2. The van der Waals surface area contributed by atoms with Gasteiger partial charge in [-0.15, -0.1) is 0 Å². The summed E-state index contributed by atoms with van der Waals surface area (Å²) in [6.07, 6.45) is 2.17. The van der Waals surface area contributed by atoms with Crippen LogP contribution in [-0.4, -0.2) is 45.6 Å². The van der Waals surface area contributed by atoms with Crippen LogP contribution in [0.4, 0.5) is 0 Å². The molecule has 1 aromatic heterocycles. The van der Waals surface area contributed by atoms with E-state index in [1.165, 1.54) is 4.68 Å². The van der Waals surface area contributed by atoms with Crippen molar-refractivity contribution in [1.29, 1.82) is 0 Å². The first-order valence-corrected chi connectivity index (χ1v) is 10.3. The monoisotopic (exact) mass is 398 g/mol. The van der Waals surface area contributed by atoms with E-state index in [1.807, 2.05) is 32.6 Å². The van der Waals surface area contributed by atoms with Crippen LogP contribution < -0.4 is 10.9 Å². The minimum atomic E-state index is -0.397. The lowest BCUT2D eigenvalue weighted by Gasteiger charge is -2.36. The van der Waals surface area contributed by atoms with Crippen molar-refractivity contribution in [2.45, 2.75) is 59.5 Å². The second-order valence-corrected chi connectivity index (χ2v) is 8.71. The molecule has 0 aliphatic carbocycles. The molecule has 2 aromatic rings. The molecule has 1 saturated heterocycles. The normalized spacial score (nSPS) is 15.5. The van der Waals surface area contributed by atoms with Crippen molar-refractivity contribution >= 4 is 22.6 Å². The number of nitrogens with one attached hydrogen (secondary N) is 1. The Kier molecular flexibility index (Phi) is 6.05. The zero-order chi connectivity index (χ0) is 21.2. The Hall–Kier alpha value is -2.70. The molecule has 0 unspecified atom stereocenters. The summed E-state index contributed by atoms with van der Waals surface area (Å²) in [5.74, 6) is -0.131. The molecule has 0 radical (unpaired) electrons. The van der Waals surface area contributed by atoms with Crippen LogP contribution in [0.5, 0.6) is 0 Å². The zero-order valence-electron chi connectivity index (χ0n) is 17.7. The van der Waals surface area contributed by atoms with Gasteiger partial charge in [0.15, 0.2) is 5.69 Å². The molecule has 1 aromatic carbocycles. The minimum absolute atomic E-state index is 0.0152. The third kappa shape index (κ3) is 4.49. The van der Waals surface area contributed by atoms with E-state index >= 15 is 0 Å². The summed E-state index contributed by atoms with van der Waals surface area (Å²) in [7, 11) is 0. The first-order chi connectivity index (χ1) is 13.7. The van der Waals surface area contributed by atoms with E-state index in [9.17, 15) is 14.4 Å². The van der Waals surface area contributed by atoms with Crippen molar-refractivity contribution in [3.05, 3.63) is 40.3 Å². The highest BCUT2D eigenvalue weighted by molar-refractivity contribution is 6.04. The fourth-order valence-electron chi connectivity index (χ4n) is 3.72. The van der Waals surface area contributed by atoms with Gasteiger partial charge in [-0.05, 0) is 25.3 Å². The number of benzene rings is 1. The molecule has 2 amide bonds. The second-order valence-electron chi connectivity index (χ2n) is 8.71. The Morgan fingerprint density at radius 2 is 1.76 bits per heavy atom. The molecule has 1 aliphatic rings. The van der Waals surface area contributed by atoms with Gasteiger partial charge in [-0.1, -0.05) is 45.9 Å². The number of likely N-dealkylation sites (tertiary alicyclic amines) is 1. The zero-order valence-corrected chi connectivity index (χ0v) is 17.7. The number of aryl methyl sites for hydroxylation is 1. The fraction of sp³-hybridized carbons (Fsp3) is 0.545. The molecule has 2 heterocycles. The van der Waals surface area contributed by atoms with Crippen LogP contribution in [0.1, 0.15) is 57.4 Å². The van der Waals surface area contributed by atoms with Crippen molar-refractivity contribution in [3.63, 3.8) is 0 Å². The fourth-order valence-corrected chi connectivity index (χ4v) is 3.72. The number of carbonyl (C=O) groups is 2. The average molecular weight is 399 g/mol. The van der Waals surface area contributed by atoms with Crippen molar-refractivity contribution in [1.82, 2.24) is 20.0 Å². The lowest BCUT2D eigenvalue weighted by atomic mass is 9.93. The maximum Gasteiger partial charge on any atom is 0.274 e. The first-order valence-electron chi connectivity index (χ1n) is 10.3. The molecule has 29 heavy (non-hydrogen) atoms. The van der Waals surface area contributed by atoms with Gasteiger partial charge in [0.25, 0.3) is 11.5 Å². The number of hydrogen-bond acceptors (Lipinski definition) is 4. The topological polar surface area (TPSA) is 84.3 Å². The summed E-state index contributed by atoms with van der Waals surface area (Å²) < 4.78 is 1.38. The van der Waals surface area contributed by atoms with Gasteiger partial charge in [-0.2, -0.15) is 5.10 Å². The number of rotatable bonds is 4. The molecule has 1 fully saturated rings. The maximum absolute atomic E-state index is 13.0. The third-order valence-corrected chi connectivity index (χ3v) is 5.28. The van der Waals surface area contributed by atoms with Gasteiger partial charge in [0.1, 0.15) is 0 Å². The van der Waals surface area contributed by atoms with Crippen molar-refractivity contribution in [3.8, 4) is 0 Å². The summed E-state index contributed by atoms with van der Waals surface area (Å²) in [6, 6.07) is 7.09. The third-order valence-electron chi connectivity index (χ3n) is 5.28. The van der Waals surface area contributed by atoms with Gasteiger partial charge in [0.05, 0.1) is 5.39 Å². The number of fused-ring (bicyclic) bond motifs is 1. The molecule has 1 aliphatic heterocycles. The first kappa shape index (κ1) is 21.0. The molecular formula is C22H30N4O3. The summed E-state index contributed by atoms with van der Waals surface area (Å²) >= 11 is 0. The average Bonchev–Trinajstić information content (AvgIpc) is 2.69. The van der Waals surface area contributed by atoms with E-state index in [-0.39, 0.29) is 29.1 Å². The van der Waals surface area contributed by atoms with E-state index in [1.54, 1.807) is 24.3 Å². The van der Waals surface area contributed by atoms with Crippen molar-refractivity contribution in [2.24, 2.45) is 5.41 Å². The maximum atomic E-state index is 13.0. The van der Waals surface area contributed by atoms with Crippen LogP contribution in [-0.2, 0) is 11.3 Å². The van der Waals surface area contributed by atoms with Gasteiger partial charge in [-0.25, -0.2) is 4.68 Å². The molecule has 7 heteroatoms. The quantitative estimate of drug-likeness (QED) is 0.858. The van der Waals surface area contributed by atoms with E-state index in [0.29, 0.717) is 43.2 Å². The standard InChI is InChI=1S/C22H30N4O3/c1-5-12-26-20(28)17-9-7-6-8-16(17)18(24-26)19(27)23-15-10-13-25(14-11-15)21(29)22(2,3)4/h6-9,15H,5,10-14H2,1-4H3,(H,23,27). The van der Waals surface area contributed by atoms with Gasteiger partial charge < -0.3 is 10.2 Å². The number of aromatic nitrogens is 2. The Morgan fingerprint density at radius 3 is 2.34 bits per heavy atom. The van der Waals surface area contributed by atoms with Crippen LogP contribution in [0.15, 0.2) is 29.1 Å². The minimum Gasteiger partial charge on any atom is -0.348 e. The summed E-state index contributed by atoms with van der Waals surface area (Å²) in [4.78, 5) is 39.9. The molecule has 0 spiro atoms. The van der Waals surface area contributed by atoms with Gasteiger partial charge >= 0.3 is 0 Å². The lowest BCUT2D eigenvalue weighted by molar-refractivity contribution is -0.140. The van der Waals surface area contributed by atoms with Crippen LogP contribution in [0.25, 0.3) is 10.8 Å². The molecule has 1 N–H and O–H groups in total. The number of nitrogens with zero attached hydrogens (tertiary/aromatic N) is 3. The van der Waals surface area contributed by atoms with Crippen molar-refractivity contribution < 1.29 is 9.59 Å². The summed E-state index contributed by atoms with van der Waals surface area (Å²) in [5.41, 5.74) is -0.291. The van der Waals surface area contributed by atoms with Gasteiger partial charge in [0, 0.05) is 36.5 Å². The largest absolute Gasteiger partial charge is 0.348 e. The molecule has 156 valence electrons. The Bertz CT molecular complexity index is 966. The SMILES string of the molecule is CCCn1nc(C(=O)NC2CCN(C(=O)C(C)(C)C)CC2)c2ccccc2c1=O. The van der Waals surface area contributed by atoms with E-state index in [4.69, 9.17) is 0 Å². The van der Waals surface area contributed by atoms with E-state index in [0.717, 1.165) is 6.42 Å². The lowest BCUT2D eigenvalue weighted by Crippen LogP contribution is -2.49. The molecule has 0 bridgehead atoms. The Labute approximate surface area is 171 Å². The number of carbonyl (C=O) groups excluding carboxylic acids is 2. The van der Waals surface area contributed by atoms with E-state index in [2.05, 4.69) is 10.4 Å². The summed E-state index contributed by atoms with van der Waals surface area (Å²) in [6.45, 7) is 9.46. The highest BCUT2D eigenvalue weighted by atomic mass is 16.2. The van der Waals surface area contributed by atoms with Gasteiger partial charge in [-0.3, -0.25) is 14.4 Å². The highest BCUT2D eigenvalue weighted by Crippen LogP contribution is 2.21. The second kappa shape index (κ2) is 8.35. The van der Waals surface area contributed by atoms with Crippen LogP contribution >= 0.6 is 0 Å². The summed E-state index contributed by atoms with van der Waals surface area (Å²) in [5, 5.41) is 8.50. The highest BCUT2D eigenvalue weighted by Gasteiger charge is 2.31. The molecule has 3 rings (SSSR count). The van der Waals surface area contributed by atoms with Crippen LogP contribution in [0, 0.1) is 5.41 Å². The predicted molar refractivity (Wildman–Crippen MR) is 113 cm³/mol. The van der Waals surface area contributed by atoms with Crippen molar-refractivity contribution in [2.75, 3.05) is 13.1 Å². The van der Waals surface area contributed by atoms with Crippen LogP contribution in [0.2, 0.25) is 0 Å². The Balaban J connectivity index is 1.77. The number of piperidine rings is 1. The molecule has 0 atom stereocenters. The Morgan fingerprint density at radius 1 is 1.14 bits per heavy atom. The molecule has 0 saturated carbocycles. The van der Waals surface area contributed by atoms with E-state index < -0.39 is 5.41 Å². The predicted octanol–water partition coefficient (Wildman–Crippen LogP) is 2.57. The van der Waals surface area contributed by atoms with Gasteiger partial charge in [0.2, 0.25) is 5.91 Å². The smallest absolute Gasteiger partial charge is 0.274 e. The number of hydrogen-bond donors (Lipinski definition) is 1.